The van der Waals surface area contributed by atoms with Gasteiger partial charge in [0.25, 0.3) is 0 Å². The van der Waals surface area contributed by atoms with Gasteiger partial charge in [-0.3, -0.25) is 14.2 Å². The Morgan fingerprint density at radius 3 is 3.12 bits per heavy atom. The van der Waals surface area contributed by atoms with Gasteiger partial charge in [0, 0.05) is 31.9 Å². The molecule has 3 aromatic rings. The lowest BCUT2D eigenvalue weighted by atomic mass is 10.2. The standard InChI is InChI=1S/C18H19N5O3/c1-12-18(23-7-6-19-10-16(23)22-12)20-5-4-17(24)21-9-13-2-3-14-15(8-13)26-11-25-14/h2-3,6-8,10,20H,4-5,9,11H2,1H3,(H,21,24). The molecule has 0 radical (unpaired) electrons. The van der Waals surface area contributed by atoms with E-state index in [1.54, 1.807) is 12.4 Å². The summed E-state index contributed by atoms with van der Waals surface area (Å²) in [6.07, 6.45) is 5.62. The summed E-state index contributed by atoms with van der Waals surface area (Å²) in [5.74, 6) is 2.31. The third-order valence-corrected chi connectivity index (χ3v) is 4.18. The number of nitrogens with zero attached hydrogens (tertiary/aromatic N) is 3. The van der Waals surface area contributed by atoms with Crippen molar-refractivity contribution in [2.75, 3.05) is 18.7 Å². The highest BCUT2D eigenvalue weighted by atomic mass is 16.7. The van der Waals surface area contributed by atoms with Crippen LogP contribution in [0.25, 0.3) is 5.65 Å². The fourth-order valence-electron chi connectivity index (χ4n) is 2.87. The fraction of sp³-hybridized carbons (Fsp3) is 0.278. The van der Waals surface area contributed by atoms with Crippen LogP contribution in [0.3, 0.4) is 0 Å². The van der Waals surface area contributed by atoms with Crippen molar-refractivity contribution in [3.63, 3.8) is 0 Å². The molecule has 0 unspecified atom stereocenters. The van der Waals surface area contributed by atoms with E-state index in [0.29, 0.717) is 19.5 Å². The largest absolute Gasteiger partial charge is 0.454 e. The van der Waals surface area contributed by atoms with Gasteiger partial charge in [-0.25, -0.2) is 4.98 Å². The zero-order valence-electron chi connectivity index (χ0n) is 14.4. The minimum absolute atomic E-state index is 0.0247. The highest BCUT2D eigenvalue weighted by Crippen LogP contribution is 2.32. The SMILES string of the molecule is Cc1nc2cnccn2c1NCCC(=O)NCc1ccc2c(c1)OCO2. The molecule has 0 saturated heterocycles. The van der Waals surface area contributed by atoms with Crippen LogP contribution in [-0.4, -0.2) is 33.6 Å². The Bertz CT molecular complexity index is 953. The molecule has 1 aliphatic heterocycles. The van der Waals surface area contributed by atoms with Crippen LogP contribution < -0.4 is 20.1 Å². The second-order valence-electron chi connectivity index (χ2n) is 5.99. The summed E-state index contributed by atoms with van der Waals surface area (Å²) in [5.41, 5.74) is 2.62. The Morgan fingerprint density at radius 1 is 1.31 bits per heavy atom. The summed E-state index contributed by atoms with van der Waals surface area (Å²) in [4.78, 5) is 20.6. The summed E-state index contributed by atoms with van der Waals surface area (Å²) < 4.78 is 12.5. The maximum atomic E-state index is 12.1. The molecular formula is C18H19N5O3. The lowest BCUT2D eigenvalue weighted by Crippen LogP contribution is -2.25. The van der Waals surface area contributed by atoms with E-state index in [-0.39, 0.29) is 12.7 Å². The van der Waals surface area contributed by atoms with Crippen molar-refractivity contribution in [3.05, 3.63) is 48.0 Å². The predicted molar refractivity (Wildman–Crippen MR) is 95.2 cm³/mol. The number of nitrogens with one attached hydrogen (secondary N) is 2. The monoisotopic (exact) mass is 353 g/mol. The summed E-state index contributed by atoms with van der Waals surface area (Å²) in [7, 11) is 0. The van der Waals surface area contributed by atoms with Crippen LogP contribution in [0, 0.1) is 6.92 Å². The number of aryl methyl sites for hydroxylation is 1. The molecule has 0 saturated carbocycles. The average Bonchev–Trinajstić information content (AvgIpc) is 3.24. The number of ether oxygens (including phenoxy) is 2. The van der Waals surface area contributed by atoms with E-state index in [4.69, 9.17) is 9.47 Å². The van der Waals surface area contributed by atoms with Crippen molar-refractivity contribution in [2.24, 2.45) is 0 Å². The van der Waals surface area contributed by atoms with Crippen LogP contribution in [0.4, 0.5) is 5.82 Å². The Kier molecular flexibility index (Phi) is 4.30. The lowest BCUT2D eigenvalue weighted by Gasteiger charge is -2.08. The quantitative estimate of drug-likeness (QED) is 0.703. The van der Waals surface area contributed by atoms with E-state index < -0.39 is 0 Å². The van der Waals surface area contributed by atoms with E-state index in [9.17, 15) is 4.79 Å². The van der Waals surface area contributed by atoms with Gasteiger partial charge in [0.1, 0.15) is 5.82 Å². The number of aromatic nitrogens is 3. The zero-order chi connectivity index (χ0) is 17.9. The molecule has 1 amide bonds. The molecule has 8 nitrogen and oxygen atoms in total. The normalized spacial score (nSPS) is 12.3. The molecule has 0 aliphatic carbocycles. The Hall–Kier alpha value is -3.29. The highest BCUT2D eigenvalue weighted by Gasteiger charge is 2.13. The number of hydrogen-bond acceptors (Lipinski definition) is 6. The summed E-state index contributed by atoms with van der Waals surface area (Å²) in [6.45, 7) is 3.14. The van der Waals surface area contributed by atoms with Crippen molar-refractivity contribution >= 4 is 17.4 Å². The number of hydrogen-bond donors (Lipinski definition) is 2. The average molecular weight is 353 g/mol. The van der Waals surface area contributed by atoms with Crippen molar-refractivity contribution in [1.82, 2.24) is 19.7 Å². The van der Waals surface area contributed by atoms with Crippen LogP contribution in [0.15, 0.2) is 36.8 Å². The number of carbonyl (C=O) groups excluding carboxylic acids is 1. The summed E-state index contributed by atoms with van der Waals surface area (Å²) >= 11 is 0. The molecule has 134 valence electrons. The topological polar surface area (TPSA) is 89.8 Å². The Labute approximate surface area is 150 Å². The van der Waals surface area contributed by atoms with Gasteiger partial charge in [-0.05, 0) is 24.6 Å². The van der Waals surface area contributed by atoms with Crippen LogP contribution in [-0.2, 0) is 11.3 Å². The van der Waals surface area contributed by atoms with Gasteiger partial charge >= 0.3 is 0 Å². The molecule has 0 atom stereocenters. The van der Waals surface area contributed by atoms with E-state index in [1.165, 1.54) is 0 Å². The number of imidazole rings is 1. The third kappa shape index (κ3) is 3.26. The minimum atomic E-state index is -0.0247. The first-order chi connectivity index (χ1) is 12.7. The second-order valence-corrected chi connectivity index (χ2v) is 5.99. The maximum absolute atomic E-state index is 12.1. The minimum Gasteiger partial charge on any atom is -0.454 e. The van der Waals surface area contributed by atoms with Crippen LogP contribution in [0.1, 0.15) is 17.7 Å². The van der Waals surface area contributed by atoms with Gasteiger partial charge < -0.3 is 20.1 Å². The Balaban J connectivity index is 1.28. The van der Waals surface area contributed by atoms with Crippen molar-refractivity contribution in [1.29, 1.82) is 0 Å². The van der Waals surface area contributed by atoms with E-state index in [2.05, 4.69) is 20.6 Å². The highest BCUT2D eigenvalue weighted by molar-refractivity contribution is 5.76. The molecule has 2 aromatic heterocycles. The third-order valence-electron chi connectivity index (χ3n) is 4.18. The molecule has 0 spiro atoms. The molecule has 1 aromatic carbocycles. The van der Waals surface area contributed by atoms with Gasteiger partial charge in [-0.15, -0.1) is 0 Å². The van der Waals surface area contributed by atoms with Crippen LogP contribution >= 0.6 is 0 Å². The number of anilines is 1. The molecule has 26 heavy (non-hydrogen) atoms. The first kappa shape index (κ1) is 16.2. The number of amides is 1. The lowest BCUT2D eigenvalue weighted by molar-refractivity contribution is -0.121. The first-order valence-corrected chi connectivity index (χ1v) is 8.38. The molecule has 0 bridgehead atoms. The van der Waals surface area contributed by atoms with Crippen molar-refractivity contribution < 1.29 is 14.3 Å². The number of benzene rings is 1. The van der Waals surface area contributed by atoms with Crippen LogP contribution in [0.2, 0.25) is 0 Å². The summed E-state index contributed by atoms with van der Waals surface area (Å²) in [6, 6.07) is 5.66. The number of rotatable bonds is 6. The Morgan fingerprint density at radius 2 is 2.19 bits per heavy atom. The second kappa shape index (κ2) is 6.91. The molecule has 4 rings (SSSR count). The molecule has 0 fully saturated rings. The van der Waals surface area contributed by atoms with E-state index in [0.717, 1.165) is 34.2 Å². The van der Waals surface area contributed by atoms with Gasteiger partial charge in [0.15, 0.2) is 17.1 Å². The van der Waals surface area contributed by atoms with Crippen molar-refractivity contribution in [2.45, 2.75) is 19.9 Å². The predicted octanol–water partition coefficient (Wildman–Crippen LogP) is 1.88. The van der Waals surface area contributed by atoms with Gasteiger partial charge in [-0.1, -0.05) is 6.07 Å². The molecule has 8 heteroatoms. The first-order valence-electron chi connectivity index (χ1n) is 8.38. The summed E-state index contributed by atoms with van der Waals surface area (Å²) in [5, 5.41) is 6.19. The maximum Gasteiger partial charge on any atom is 0.231 e. The van der Waals surface area contributed by atoms with Gasteiger partial charge in [0.05, 0.1) is 11.9 Å². The van der Waals surface area contributed by atoms with E-state index in [1.807, 2.05) is 35.7 Å². The van der Waals surface area contributed by atoms with Gasteiger partial charge in [-0.2, -0.15) is 0 Å². The smallest absolute Gasteiger partial charge is 0.231 e. The fourth-order valence-corrected chi connectivity index (χ4v) is 2.87. The number of fused-ring (bicyclic) bond motifs is 2. The van der Waals surface area contributed by atoms with Crippen molar-refractivity contribution in [3.8, 4) is 11.5 Å². The van der Waals surface area contributed by atoms with E-state index >= 15 is 0 Å². The van der Waals surface area contributed by atoms with Gasteiger partial charge in [0.2, 0.25) is 12.7 Å². The number of carbonyl (C=O) groups is 1. The zero-order valence-corrected chi connectivity index (χ0v) is 14.4. The molecule has 1 aliphatic rings. The molecule has 2 N–H and O–H groups in total. The molecule has 3 heterocycles. The molecular weight excluding hydrogens is 334 g/mol. The van der Waals surface area contributed by atoms with Crippen LogP contribution in [0.5, 0.6) is 11.5 Å².